The lowest BCUT2D eigenvalue weighted by atomic mass is 9.92. The number of amidine groups is 2. The Morgan fingerprint density at radius 2 is 1.14 bits per heavy atom. The van der Waals surface area contributed by atoms with E-state index in [1.165, 1.54) is 32.3 Å². The second kappa shape index (κ2) is 11.0. The van der Waals surface area contributed by atoms with Crippen molar-refractivity contribution in [3.05, 3.63) is 180 Å². The molecule has 10 rings (SSSR count). The van der Waals surface area contributed by atoms with Gasteiger partial charge < -0.3 is 9.73 Å². The van der Waals surface area contributed by atoms with E-state index >= 15 is 0 Å². The number of fused-ring (bicyclic) bond motifs is 8. The van der Waals surface area contributed by atoms with Crippen LogP contribution in [0.25, 0.3) is 65.4 Å². The number of nitrogens with one attached hydrogen (secondary N) is 1. The van der Waals surface area contributed by atoms with Crippen LogP contribution in [-0.4, -0.2) is 11.7 Å². The number of aliphatic imine (C=N–C) groups is 2. The molecule has 1 aromatic heterocycles. The van der Waals surface area contributed by atoms with Crippen molar-refractivity contribution in [2.75, 3.05) is 0 Å². The summed E-state index contributed by atoms with van der Waals surface area (Å²) in [4.78, 5) is 10.4. The molecule has 49 heavy (non-hydrogen) atoms. The van der Waals surface area contributed by atoms with E-state index in [9.17, 15) is 0 Å². The summed E-state index contributed by atoms with van der Waals surface area (Å²) in [5, 5.41) is 13.1. The molecule has 0 bridgehead atoms. The van der Waals surface area contributed by atoms with E-state index < -0.39 is 0 Å². The zero-order chi connectivity index (χ0) is 32.3. The number of nitrogens with zero attached hydrogens (tertiary/aromatic N) is 2. The number of furan rings is 1. The van der Waals surface area contributed by atoms with Gasteiger partial charge in [0, 0.05) is 27.5 Å². The van der Waals surface area contributed by atoms with Crippen LogP contribution < -0.4 is 5.32 Å². The van der Waals surface area contributed by atoms with E-state index in [-0.39, 0.29) is 6.17 Å². The highest BCUT2D eigenvalue weighted by Gasteiger charge is 2.25. The molecule has 4 nitrogen and oxygen atoms in total. The van der Waals surface area contributed by atoms with E-state index in [1.54, 1.807) is 0 Å². The molecule has 1 N–H and O–H groups in total. The van der Waals surface area contributed by atoms with Crippen LogP contribution in [-0.2, 0) is 0 Å². The van der Waals surface area contributed by atoms with Gasteiger partial charge in [0.15, 0.2) is 5.84 Å². The van der Waals surface area contributed by atoms with Crippen LogP contribution in [0, 0.1) is 0 Å². The molecule has 0 aliphatic carbocycles. The quantitative estimate of drug-likeness (QED) is 0.197. The molecule has 8 aromatic carbocycles. The Hall–Kier alpha value is -6.52. The van der Waals surface area contributed by atoms with E-state index in [0.29, 0.717) is 5.84 Å². The van der Waals surface area contributed by atoms with Crippen molar-refractivity contribution in [1.29, 1.82) is 0 Å². The van der Waals surface area contributed by atoms with Crippen LogP contribution in [0.3, 0.4) is 0 Å². The van der Waals surface area contributed by atoms with Gasteiger partial charge in [0.1, 0.15) is 23.2 Å². The summed E-state index contributed by atoms with van der Waals surface area (Å²) in [6, 6.07) is 57.5. The average Bonchev–Trinajstić information content (AvgIpc) is 3.57. The fourth-order valence-electron chi connectivity index (χ4n) is 7.35. The third-order valence-corrected chi connectivity index (χ3v) is 9.71. The van der Waals surface area contributed by atoms with Crippen LogP contribution in [0.4, 0.5) is 0 Å². The van der Waals surface area contributed by atoms with Crippen molar-refractivity contribution in [2.24, 2.45) is 9.98 Å². The van der Waals surface area contributed by atoms with Crippen molar-refractivity contribution >= 4 is 65.9 Å². The van der Waals surface area contributed by atoms with E-state index in [0.717, 1.165) is 55.6 Å². The lowest BCUT2D eigenvalue weighted by Gasteiger charge is -2.24. The molecular formula is C45H29N3O. The predicted molar refractivity (Wildman–Crippen MR) is 204 cm³/mol. The van der Waals surface area contributed by atoms with Crippen LogP contribution in [0.2, 0.25) is 0 Å². The first kappa shape index (κ1) is 27.6. The van der Waals surface area contributed by atoms with Gasteiger partial charge in [-0.25, -0.2) is 9.98 Å². The zero-order valence-corrected chi connectivity index (χ0v) is 26.5. The minimum Gasteiger partial charge on any atom is -0.455 e. The zero-order valence-electron chi connectivity index (χ0n) is 26.5. The van der Waals surface area contributed by atoms with Gasteiger partial charge >= 0.3 is 0 Å². The molecule has 0 radical (unpaired) electrons. The highest BCUT2D eigenvalue weighted by molar-refractivity contribution is 6.24. The van der Waals surface area contributed by atoms with Gasteiger partial charge in [-0.2, -0.15) is 0 Å². The molecule has 1 aliphatic rings. The summed E-state index contributed by atoms with van der Waals surface area (Å²) >= 11 is 0. The minimum atomic E-state index is -0.291. The summed E-state index contributed by atoms with van der Waals surface area (Å²) in [7, 11) is 0. The number of benzene rings is 8. The van der Waals surface area contributed by atoms with E-state index in [2.05, 4.69) is 121 Å². The first-order chi connectivity index (χ1) is 24.3. The van der Waals surface area contributed by atoms with Gasteiger partial charge in [-0.1, -0.05) is 140 Å². The van der Waals surface area contributed by atoms with Gasteiger partial charge in [-0.3, -0.25) is 0 Å². The molecule has 0 spiro atoms. The smallest absolute Gasteiger partial charge is 0.160 e. The fourth-order valence-corrected chi connectivity index (χ4v) is 7.35. The Morgan fingerprint density at radius 1 is 0.490 bits per heavy atom. The van der Waals surface area contributed by atoms with Gasteiger partial charge in [0.05, 0.1) is 0 Å². The molecule has 1 aliphatic heterocycles. The normalized spacial score (nSPS) is 14.7. The van der Waals surface area contributed by atoms with Crippen molar-refractivity contribution in [1.82, 2.24) is 5.32 Å². The number of hydrogen-bond acceptors (Lipinski definition) is 4. The fraction of sp³-hybridized carbons (Fsp3) is 0.0222. The summed E-state index contributed by atoms with van der Waals surface area (Å²) in [6.07, 6.45) is -0.291. The van der Waals surface area contributed by atoms with Crippen molar-refractivity contribution in [3.63, 3.8) is 0 Å². The maximum absolute atomic E-state index is 6.74. The molecule has 4 heteroatoms. The van der Waals surface area contributed by atoms with Gasteiger partial charge in [0.25, 0.3) is 0 Å². The molecule has 230 valence electrons. The van der Waals surface area contributed by atoms with Crippen molar-refractivity contribution in [2.45, 2.75) is 6.17 Å². The molecule has 0 fully saturated rings. The average molecular weight is 628 g/mol. The summed E-state index contributed by atoms with van der Waals surface area (Å²) in [5.74, 6) is 1.46. The third kappa shape index (κ3) is 4.53. The number of para-hydroxylation sites is 1. The second-order valence-electron chi connectivity index (χ2n) is 12.6. The Balaban J connectivity index is 1.22. The van der Waals surface area contributed by atoms with Crippen LogP contribution in [0.1, 0.15) is 22.9 Å². The van der Waals surface area contributed by atoms with Crippen molar-refractivity contribution in [3.8, 4) is 11.1 Å². The largest absolute Gasteiger partial charge is 0.455 e. The number of hydrogen-bond donors (Lipinski definition) is 1. The molecule has 1 unspecified atom stereocenters. The molecule has 2 heterocycles. The first-order valence-electron chi connectivity index (χ1n) is 16.6. The Kier molecular flexibility index (Phi) is 6.21. The lowest BCUT2D eigenvalue weighted by Crippen LogP contribution is -2.33. The van der Waals surface area contributed by atoms with E-state index in [1.807, 2.05) is 48.5 Å². The van der Waals surface area contributed by atoms with E-state index in [4.69, 9.17) is 14.4 Å². The van der Waals surface area contributed by atoms with Crippen molar-refractivity contribution < 1.29 is 4.42 Å². The highest BCUT2D eigenvalue weighted by Crippen LogP contribution is 2.41. The standard InChI is InChI=1S/C45H29N3O/c1-3-12-31(13-4-1)43-46-44(32-14-5-2-6-15-32)48-45(47-43)37-26-25-35(42-41(37)36-17-9-10-18-39(36)49-42)33-24-21-29-20-23-30-22-19-28-11-7-8-16-34(28)40(30)38(29)27-33/h1-27,43H,(H,46,47,48). The molecular weight excluding hydrogens is 599 g/mol. The molecule has 0 saturated carbocycles. The predicted octanol–water partition coefficient (Wildman–Crippen LogP) is 11.2. The third-order valence-electron chi connectivity index (χ3n) is 9.71. The maximum atomic E-state index is 6.74. The summed E-state index contributed by atoms with van der Waals surface area (Å²) < 4.78 is 6.74. The van der Waals surface area contributed by atoms with Gasteiger partial charge in [-0.05, 0) is 67.7 Å². The molecule has 9 aromatic rings. The molecule has 0 amide bonds. The van der Waals surface area contributed by atoms with Gasteiger partial charge in [-0.15, -0.1) is 0 Å². The van der Waals surface area contributed by atoms with Crippen LogP contribution >= 0.6 is 0 Å². The first-order valence-corrected chi connectivity index (χ1v) is 16.6. The maximum Gasteiger partial charge on any atom is 0.160 e. The SMILES string of the molecule is c1ccc(C2=NC(c3ccc(-c4ccc5ccc6ccc7ccccc7c6c5c4)c4oc5ccccc5c34)=NC(c3ccccc3)N2)cc1. The Morgan fingerprint density at radius 3 is 1.98 bits per heavy atom. The summed E-state index contributed by atoms with van der Waals surface area (Å²) in [5.41, 5.74) is 6.83. The monoisotopic (exact) mass is 627 g/mol. The number of rotatable bonds is 4. The van der Waals surface area contributed by atoms with Gasteiger partial charge in [0.2, 0.25) is 0 Å². The minimum absolute atomic E-state index is 0.291. The summed E-state index contributed by atoms with van der Waals surface area (Å²) in [6.45, 7) is 0. The topological polar surface area (TPSA) is 49.9 Å². The van der Waals surface area contributed by atoms with Crippen LogP contribution in [0.15, 0.2) is 178 Å². The highest BCUT2D eigenvalue weighted by atomic mass is 16.3. The van der Waals surface area contributed by atoms with Crippen LogP contribution in [0.5, 0.6) is 0 Å². The second-order valence-corrected chi connectivity index (χ2v) is 12.6. The molecule has 0 saturated heterocycles. The molecule has 1 atom stereocenters. The Labute approximate surface area is 282 Å². The lowest BCUT2D eigenvalue weighted by molar-refractivity contribution is 0.669. The Bertz CT molecular complexity index is 2790.